The summed E-state index contributed by atoms with van der Waals surface area (Å²) >= 11 is 0. The summed E-state index contributed by atoms with van der Waals surface area (Å²) in [5.74, 6) is -0.125. The smallest absolute Gasteiger partial charge is 0.244 e. The summed E-state index contributed by atoms with van der Waals surface area (Å²) in [6.07, 6.45) is 1.89. The molecule has 1 amide bonds. The number of hydrogen-bond acceptors (Lipinski definition) is 3. The maximum absolute atomic E-state index is 11.6. The minimum atomic E-state index is -0.647. The first-order valence-electron chi connectivity index (χ1n) is 5.20. The van der Waals surface area contributed by atoms with Crippen molar-refractivity contribution >= 4 is 11.6 Å². The van der Waals surface area contributed by atoms with Gasteiger partial charge in [0.25, 0.3) is 0 Å². The van der Waals surface area contributed by atoms with Gasteiger partial charge in [-0.25, -0.2) is 0 Å². The number of hydrogen-bond donors (Lipinski definition) is 2. The lowest BCUT2D eigenvalue weighted by Gasteiger charge is -2.10. The van der Waals surface area contributed by atoms with Crippen molar-refractivity contribution in [2.75, 3.05) is 5.32 Å². The van der Waals surface area contributed by atoms with Gasteiger partial charge in [-0.2, -0.15) is 5.26 Å². The number of rotatable bonds is 3. The Balaban J connectivity index is 2.00. The first kappa shape index (κ1) is 10.7. The number of benzene rings is 1. The van der Waals surface area contributed by atoms with Gasteiger partial charge < -0.3 is 11.1 Å². The molecule has 0 bridgehead atoms. The fraction of sp³-hybridized carbons (Fsp3) is 0.333. The second-order valence-corrected chi connectivity index (χ2v) is 4.14. The monoisotopic (exact) mass is 215 g/mol. The Labute approximate surface area is 94.1 Å². The number of anilines is 1. The third-order valence-electron chi connectivity index (χ3n) is 2.74. The average molecular weight is 215 g/mol. The van der Waals surface area contributed by atoms with Gasteiger partial charge in [0.15, 0.2) is 0 Å². The Morgan fingerprint density at radius 2 is 2.06 bits per heavy atom. The molecule has 16 heavy (non-hydrogen) atoms. The number of carbonyl (C=O) groups is 1. The fourth-order valence-electron chi connectivity index (χ4n) is 1.41. The predicted octanol–water partition coefficient (Wildman–Crippen LogP) is 1.18. The highest BCUT2D eigenvalue weighted by atomic mass is 16.2. The third-order valence-corrected chi connectivity index (χ3v) is 2.74. The normalized spacial score (nSPS) is 16.2. The topological polar surface area (TPSA) is 78.9 Å². The molecule has 1 aromatic rings. The van der Waals surface area contributed by atoms with Crippen molar-refractivity contribution in [2.24, 2.45) is 5.73 Å². The van der Waals surface area contributed by atoms with Crippen molar-refractivity contribution in [1.29, 1.82) is 5.26 Å². The number of nitriles is 1. The van der Waals surface area contributed by atoms with E-state index < -0.39 is 5.54 Å². The molecule has 4 heteroatoms. The highest BCUT2D eigenvalue weighted by molar-refractivity contribution is 6.00. The largest absolute Gasteiger partial charge is 0.324 e. The Hall–Kier alpha value is -1.86. The number of nitrogens with two attached hydrogens (primary N) is 1. The molecular weight excluding hydrogens is 202 g/mol. The molecule has 0 aromatic heterocycles. The minimum absolute atomic E-state index is 0.125. The van der Waals surface area contributed by atoms with Crippen LogP contribution in [-0.2, 0) is 11.2 Å². The van der Waals surface area contributed by atoms with E-state index in [2.05, 4.69) is 11.4 Å². The Morgan fingerprint density at radius 3 is 2.56 bits per heavy atom. The molecule has 0 atom stereocenters. The van der Waals surface area contributed by atoms with Gasteiger partial charge >= 0.3 is 0 Å². The van der Waals surface area contributed by atoms with Crippen LogP contribution in [0.5, 0.6) is 0 Å². The van der Waals surface area contributed by atoms with Crippen molar-refractivity contribution < 1.29 is 4.79 Å². The third kappa shape index (κ3) is 2.20. The lowest BCUT2D eigenvalue weighted by Crippen LogP contribution is -2.37. The van der Waals surface area contributed by atoms with E-state index >= 15 is 0 Å². The van der Waals surface area contributed by atoms with Crippen molar-refractivity contribution in [3.8, 4) is 6.07 Å². The van der Waals surface area contributed by atoms with E-state index in [4.69, 9.17) is 11.0 Å². The molecule has 1 aromatic carbocycles. The van der Waals surface area contributed by atoms with Crippen LogP contribution in [0.2, 0.25) is 0 Å². The van der Waals surface area contributed by atoms with Crippen LogP contribution < -0.4 is 11.1 Å². The number of amides is 1. The van der Waals surface area contributed by atoms with E-state index in [1.165, 1.54) is 0 Å². The minimum Gasteiger partial charge on any atom is -0.324 e. The molecule has 0 spiro atoms. The quantitative estimate of drug-likeness (QED) is 0.794. The summed E-state index contributed by atoms with van der Waals surface area (Å²) in [4.78, 5) is 11.6. The Bertz CT molecular complexity index is 440. The summed E-state index contributed by atoms with van der Waals surface area (Å²) in [6, 6.07) is 9.30. The molecule has 82 valence electrons. The lowest BCUT2D eigenvalue weighted by molar-refractivity contribution is -0.118. The molecular formula is C12H13N3O. The molecule has 0 aliphatic heterocycles. The fourth-order valence-corrected chi connectivity index (χ4v) is 1.41. The van der Waals surface area contributed by atoms with Gasteiger partial charge in [-0.1, -0.05) is 12.1 Å². The summed E-state index contributed by atoms with van der Waals surface area (Å²) in [5.41, 5.74) is 6.78. The van der Waals surface area contributed by atoms with Crippen molar-refractivity contribution in [2.45, 2.75) is 24.8 Å². The molecule has 1 fully saturated rings. The SMILES string of the molecule is N#CCc1ccc(NC(=O)C2(N)CC2)cc1. The molecule has 0 radical (unpaired) electrons. The van der Waals surface area contributed by atoms with Crippen molar-refractivity contribution in [3.05, 3.63) is 29.8 Å². The van der Waals surface area contributed by atoms with E-state index in [0.29, 0.717) is 6.42 Å². The lowest BCUT2D eigenvalue weighted by atomic mass is 10.1. The van der Waals surface area contributed by atoms with Gasteiger partial charge in [0.2, 0.25) is 5.91 Å². The maximum Gasteiger partial charge on any atom is 0.244 e. The van der Waals surface area contributed by atoms with Crippen LogP contribution in [0, 0.1) is 11.3 Å². The zero-order chi connectivity index (χ0) is 11.6. The molecule has 0 heterocycles. The molecule has 0 saturated heterocycles. The van der Waals surface area contributed by atoms with Crippen LogP contribution in [-0.4, -0.2) is 11.4 Å². The highest BCUT2D eigenvalue weighted by Gasteiger charge is 2.45. The van der Waals surface area contributed by atoms with Crippen LogP contribution in [0.1, 0.15) is 18.4 Å². The second-order valence-electron chi connectivity index (χ2n) is 4.14. The molecule has 2 rings (SSSR count). The van der Waals surface area contributed by atoms with Crippen LogP contribution in [0.15, 0.2) is 24.3 Å². The van der Waals surface area contributed by atoms with Crippen LogP contribution in [0.3, 0.4) is 0 Å². The van der Waals surface area contributed by atoms with Crippen LogP contribution >= 0.6 is 0 Å². The van der Waals surface area contributed by atoms with Gasteiger partial charge in [-0.05, 0) is 30.5 Å². The molecule has 1 aliphatic carbocycles. The van der Waals surface area contributed by atoms with E-state index in [-0.39, 0.29) is 5.91 Å². The molecule has 3 N–H and O–H groups in total. The van der Waals surface area contributed by atoms with Gasteiger partial charge in [-0.3, -0.25) is 4.79 Å². The summed E-state index contributed by atoms with van der Waals surface area (Å²) < 4.78 is 0. The molecule has 1 aliphatic rings. The summed E-state index contributed by atoms with van der Waals surface area (Å²) in [7, 11) is 0. The van der Waals surface area contributed by atoms with Gasteiger partial charge in [-0.15, -0.1) is 0 Å². The molecule has 1 saturated carbocycles. The summed E-state index contributed by atoms with van der Waals surface area (Å²) in [5, 5.41) is 11.3. The standard InChI is InChI=1S/C12H13N3O/c13-8-5-9-1-3-10(4-2-9)15-11(16)12(14)6-7-12/h1-4H,5-7,14H2,(H,15,16). The van der Waals surface area contributed by atoms with E-state index in [0.717, 1.165) is 24.1 Å². The van der Waals surface area contributed by atoms with E-state index in [1.54, 1.807) is 12.1 Å². The predicted molar refractivity (Wildman–Crippen MR) is 60.5 cm³/mol. The van der Waals surface area contributed by atoms with E-state index in [1.807, 2.05) is 12.1 Å². The van der Waals surface area contributed by atoms with Crippen LogP contribution in [0.25, 0.3) is 0 Å². The zero-order valence-electron chi connectivity index (χ0n) is 8.86. The number of carbonyl (C=O) groups excluding carboxylic acids is 1. The Morgan fingerprint density at radius 1 is 1.44 bits per heavy atom. The second kappa shape index (κ2) is 3.95. The first-order chi connectivity index (χ1) is 7.64. The van der Waals surface area contributed by atoms with E-state index in [9.17, 15) is 4.79 Å². The van der Waals surface area contributed by atoms with Gasteiger partial charge in [0.05, 0.1) is 18.0 Å². The highest BCUT2D eigenvalue weighted by Crippen LogP contribution is 2.33. The number of nitrogens with one attached hydrogen (secondary N) is 1. The molecule has 0 unspecified atom stereocenters. The zero-order valence-corrected chi connectivity index (χ0v) is 8.86. The maximum atomic E-state index is 11.6. The first-order valence-corrected chi connectivity index (χ1v) is 5.20. The average Bonchev–Trinajstić information content (AvgIpc) is 3.01. The number of nitrogens with zero attached hydrogens (tertiary/aromatic N) is 1. The van der Waals surface area contributed by atoms with Crippen LogP contribution in [0.4, 0.5) is 5.69 Å². The van der Waals surface area contributed by atoms with Crippen molar-refractivity contribution in [1.82, 2.24) is 0 Å². The van der Waals surface area contributed by atoms with Gasteiger partial charge in [0.1, 0.15) is 0 Å². The molecule has 4 nitrogen and oxygen atoms in total. The summed E-state index contributed by atoms with van der Waals surface area (Å²) in [6.45, 7) is 0. The van der Waals surface area contributed by atoms with Gasteiger partial charge in [0, 0.05) is 5.69 Å². The van der Waals surface area contributed by atoms with Crippen molar-refractivity contribution in [3.63, 3.8) is 0 Å². The Kier molecular flexibility index (Phi) is 2.63.